The highest BCUT2D eigenvalue weighted by molar-refractivity contribution is 9.10. The maximum Gasteiger partial charge on any atom is 0.258 e. The maximum absolute atomic E-state index is 13.5. The van der Waals surface area contributed by atoms with Gasteiger partial charge in [0.15, 0.2) is 0 Å². The Bertz CT molecular complexity index is 601. The van der Waals surface area contributed by atoms with Crippen molar-refractivity contribution in [2.45, 2.75) is 0 Å². The van der Waals surface area contributed by atoms with E-state index in [-0.39, 0.29) is 5.56 Å². The maximum atomic E-state index is 13.5. The molecule has 0 aliphatic heterocycles. The molecule has 2 aromatic carbocycles. The third kappa shape index (κ3) is 3.17. The average molecular weight is 373 g/mol. The van der Waals surface area contributed by atoms with E-state index in [9.17, 15) is 9.18 Å². The van der Waals surface area contributed by atoms with Gasteiger partial charge in [-0.2, -0.15) is 0 Å². The summed E-state index contributed by atoms with van der Waals surface area (Å²) >= 11 is 6.51. The van der Waals surface area contributed by atoms with Crippen LogP contribution >= 0.6 is 31.9 Å². The molecular formula is C13H8Br2FNO. The molecule has 2 aromatic rings. The predicted molar refractivity (Wildman–Crippen MR) is 76.2 cm³/mol. The molecule has 0 atom stereocenters. The monoisotopic (exact) mass is 371 g/mol. The first-order valence-electron chi connectivity index (χ1n) is 5.08. The Balaban J connectivity index is 2.24. The van der Waals surface area contributed by atoms with Gasteiger partial charge in [0.05, 0.1) is 5.56 Å². The van der Waals surface area contributed by atoms with Gasteiger partial charge < -0.3 is 5.32 Å². The lowest BCUT2D eigenvalue weighted by molar-refractivity contribution is 0.102. The fraction of sp³-hybridized carbons (Fsp3) is 0. The minimum Gasteiger partial charge on any atom is -0.322 e. The van der Waals surface area contributed by atoms with Gasteiger partial charge in [-0.15, -0.1) is 0 Å². The van der Waals surface area contributed by atoms with Crippen molar-refractivity contribution in [1.82, 2.24) is 0 Å². The van der Waals surface area contributed by atoms with E-state index in [0.717, 1.165) is 4.47 Å². The normalized spacial score (nSPS) is 10.2. The molecule has 0 fully saturated rings. The minimum absolute atomic E-state index is 0.00403. The Morgan fingerprint density at radius 3 is 2.50 bits per heavy atom. The molecule has 2 rings (SSSR count). The summed E-state index contributed by atoms with van der Waals surface area (Å²) in [6, 6.07) is 11.4. The number of hydrogen-bond acceptors (Lipinski definition) is 1. The Kier molecular flexibility index (Phi) is 4.14. The van der Waals surface area contributed by atoms with Crippen molar-refractivity contribution in [2.75, 3.05) is 5.32 Å². The summed E-state index contributed by atoms with van der Waals surface area (Å²) in [7, 11) is 0. The average Bonchev–Trinajstić information content (AvgIpc) is 2.32. The van der Waals surface area contributed by atoms with Crippen LogP contribution in [0.2, 0.25) is 0 Å². The van der Waals surface area contributed by atoms with E-state index in [1.807, 2.05) is 6.07 Å². The standard InChI is InChI=1S/C13H8Br2FNO/c14-8-2-1-3-10(6-8)17-13(18)11-7-9(15)4-5-12(11)16/h1-7H,(H,17,18). The van der Waals surface area contributed by atoms with Crippen LogP contribution in [0.15, 0.2) is 51.4 Å². The van der Waals surface area contributed by atoms with Crippen LogP contribution in [0, 0.1) is 5.82 Å². The van der Waals surface area contributed by atoms with Gasteiger partial charge in [-0.1, -0.05) is 37.9 Å². The van der Waals surface area contributed by atoms with Crippen LogP contribution < -0.4 is 5.32 Å². The van der Waals surface area contributed by atoms with Crippen molar-refractivity contribution in [3.05, 3.63) is 62.8 Å². The summed E-state index contributed by atoms with van der Waals surface area (Å²) in [6.45, 7) is 0. The molecule has 0 radical (unpaired) electrons. The van der Waals surface area contributed by atoms with Crippen LogP contribution in [-0.2, 0) is 0 Å². The van der Waals surface area contributed by atoms with E-state index in [2.05, 4.69) is 37.2 Å². The number of carbonyl (C=O) groups excluding carboxylic acids is 1. The first-order chi connectivity index (χ1) is 8.56. The smallest absolute Gasteiger partial charge is 0.258 e. The number of anilines is 1. The summed E-state index contributed by atoms with van der Waals surface area (Å²) < 4.78 is 15.0. The van der Waals surface area contributed by atoms with Crippen LogP contribution in [0.3, 0.4) is 0 Å². The number of rotatable bonds is 2. The topological polar surface area (TPSA) is 29.1 Å². The molecule has 2 nitrogen and oxygen atoms in total. The van der Waals surface area contributed by atoms with Crippen molar-refractivity contribution in [3.63, 3.8) is 0 Å². The van der Waals surface area contributed by atoms with Crippen LogP contribution in [0.4, 0.5) is 10.1 Å². The molecule has 18 heavy (non-hydrogen) atoms. The zero-order valence-electron chi connectivity index (χ0n) is 9.08. The fourth-order valence-electron chi connectivity index (χ4n) is 1.44. The second-order valence-corrected chi connectivity index (χ2v) is 5.42. The fourth-order valence-corrected chi connectivity index (χ4v) is 2.20. The van der Waals surface area contributed by atoms with Crippen LogP contribution in [0.5, 0.6) is 0 Å². The van der Waals surface area contributed by atoms with Gasteiger partial charge in [-0.3, -0.25) is 4.79 Å². The highest BCUT2D eigenvalue weighted by atomic mass is 79.9. The van der Waals surface area contributed by atoms with Gasteiger partial charge in [0.1, 0.15) is 5.82 Å². The molecule has 0 saturated heterocycles. The highest BCUT2D eigenvalue weighted by Crippen LogP contribution is 2.19. The van der Waals surface area contributed by atoms with Crippen LogP contribution in [0.25, 0.3) is 0 Å². The molecule has 92 valence electrons. The largest absolute Gasteiger partial charge is 0.322 e. The number of carbonyl (C=O) groups is 1. The summed E-state index contributed by atoms with van der Waals surface area (Å²) in [4.78, 5) is 11.9. The third-order valence-corrected chi connectivity index (χ3v) is 3.24. The Hall–Kier alpha value is -1.20. The minimum atomic E-state index is -0.550. The van der Waals surface area contributed by atoms with Crippen molar-refractivity contribution < 1.29 is 9.18 Å². The third-order valence-electron chi connectivity index (χ3n) is 2.26. The van der Waals surface area contributed by atoms with E-state index in [1.54, 1.807) is 24.3 Å². The zero-order chi connectivity index (χ0) is 13.1. The van der Waals surface area contributed by atoms with E-state index in [1.165, 1.54) is 12.1 Å². The van der Waals surface area contributed by atoms with Crippen molar-refractivity contribution >= 4 is 43.5 Å². The molecule has 0 aromatic heterocycles. The van der Waals surface area contributed by atoms with Crippen molar-refractivity contribution in [2.24, 2.45) is 0 Å². The lowest BCUT2D eigenvalue weighted by atomic mass is 10.2. The summed E-state index contributed by atoms with van der Waals surface area (Å²) in [5.41, 5.74) is 0.609. The van der Waals surface area contributed by atoms with Crippen molar-refractivity contribution in [3.8, 4) is 0 Å². The molecule has 0 spiro atoms. The SMILES string of the molecule is O=C(Nc1cccc(Br)c1)c1cc(Br)ccc1F. The molecule has 0 heterocycles. The summed E-state index contributed by atoms with van der Waals surface area (Å²) in [6.07, 6.45) is 0. The first kappa shape index (κ1) is 13.2. The van der Waals surface area contributed by atoms with Gasteiger partial charge in [-0.05, 0) is 36.4 Å². The number of benzene rings is 2. The number of amides is 1. The van der Waals surface area contributed by atoms with E-state index in [4.69, 9.17) is 0 Å². The Morgan fingerprint density at radius 2 is 1.78 bits per heavy atom. The van der Waals surface area contributed by atoms with Gasteiger partial charge >= 0.3 is 0 Å². The molecule has 0 unspecified atom stereocenters. The quantitative estimate of drug-likeness (QED) is 0.819. The summed E-state index contributed by atoms with van der Waals surface area (Å²) in [5, 5.41) is 2.64. The van der Waals surface area contributed by atoms with Crippen molar-refractivity contribution in [1.29, 1.82) is 0 Å². The first-order valence-corrected chi connectivity index (χ1v) is 6.67. The van der Waals surface area contributed by atoms with E-state index >= 15 is 0 Å². The second-order valence-electron chi connectivity index (χ2n) is 3.59. The highest BCUT2D eigenvalue weighted by Gasteiger charge is 2.12. The Labute approximate surface area is 120 Å². The van der Waals surface area contributed by atoms with E-state index in [0.29, 0.717) is 10.2 Å². The molecule has 0 bridgehead atoms. The molecule has 1 amide bonds. The number of nitrogens with one attached hydrogen (secondary N) is 1. The molecule has 5 heteroatoms. The lowest BCUT2D eigenvalue weighted by Gasteiger charge is -2.06. The summed E-state index contributed by atoms with van der Waals surface area (Å²) in [5.74, 6) is -1.03. The lowest BCUT2D eigenvalue weighted by Crippen LogP contribution is -2.13. The number of halogens is 3. The predicted octanol–water partition coefficient (Wildman–Crippen LogP) is 4.60. The van der Waals surface area contributed by atoms with E-state index < -0.39 is 11.7 Å². The zero-order valence-corrected chi connectivity index (χ0v) is 12.3. The molecule has 0 aliphatic carbocycles. The molecular weight excluding hydrogens is 365 g/mol. The molecule has 1 N–H and O–H groups in total. The van der Waals surface area contributed by atoms with Crippen LogP contribution in [-0.4, -0.2) is 5.91 Å². The molecule has 0 saturated carbocycles. The Morgan fingerprint density at radius 1 is 1.06 bits per heavy atom. The van der Waals surface area contributed by atoms with Gasteiger partial charge in [-0.25, -0.2) is 4.39 Å². The second kappa shape index (κ2) is 5.63. The van der Waals surface area contributed by atoms with Crippen LogP contribution in [0.1, 0.15) is 10.4 Å². The molecule has 0 aliphatic rings. The van der Waals surface area contributed by atoms with Gasteiger partial charge in [0.25, 0.3) is 5.91 Å². The van der Waals surface area contributed by atoms with Gasteiger partial charge in [0.2, 0.25) is 0 Å². The number of hydrogen-bond donors (Lipinski definition) is 1. The van der Waals surface area contributed by atoms with Gasteiger partial charge in [0, 0.05) is 14.6 Å².